The first-order valence-corrected chi connectivity index (χ1v) is 17.7. The highest BCUT2D eigenvalue weighted by Gasteiger charge is 2.52. The molecule has 0 spiro atoms. The summed E-state index contributed by atoms with van der Waals surface area (Å²) >= 11 is 0. The van der Waals surface area contributed by atoms with E-state index in [1.165, 1.54) is 28.6 Å². The van der Waals surface area contributed by atoms with Gasteiger partial charge in [-0.3, -0.25) is 0 Å². The summed E-state index contributed by atoms with van der Waals surface area (Å²) < 4.78 is 51.3. The molecule has 0 bridgehead atoms. The molecule has 2 fully saturated rings. The number of amides is 2. The van der Waals surface area contributed by atoms with Crippen molar-refractivity contribution in [1.82, 2.24) is 14.9 Å². The predicted octanol–water partition coefficient (Wildman–Crippen LogP) is 3.28. The van der Waals surface area contributed by atoms with Crippen LogP contribution in [0.5, 0.6) is 0 Å². The number of sulfonamides is 1. The van der Waals surface area contributed by atoms with Crippen LogP contribution in [0.15, 0.2) is 89.8 Å². The number of carbonyl (C=O) groups is 2. The number of anilines is 1. The van der Waals surface area contributed by atoms with Gasteiger partial charge in [0.15, 0.2) is 6.29 Å². The van der Waals surface area contributed by atoms with E-state index in [4.69, 9.17) is 24.7 Å². The minimum atomic E-state index is -4.01. The predicted molar refractivity (Wildman–Crippen MR) is 181 cm³/mol. The van der Waals surface area contributed by atoms with Crippen LogP contribution in [0.3, 0.4) is 0 Å². The number of hydrogen-bond acceptors (Lipinski definition) is 10. The molecule has 13 nitrogen and oxygen atoms in total. The van der Waals surface area contributed by atoms with Crippen molar-refractivity contribution in [2.45, 2.75) is 62.4 Å². The maximum atomic E-state index is 13.7. The standard InChI is InChI=1S/C35H44N4O9S/c1-23(2)19-39(49(43,44)27-15-13-26(36)14-16-27)20-29(40)28(17-24-9-5-3-6-10-24)38-35(42)48-31-22-46-33-32(31)30(21-45-33)47-34(41)37-18-25-11-7-4-8-12-25/h3-16,23,28-33,40H,17-22,36H2,1-2H3,(H,37,41)(H,38,42)/t28-,29+,30-,31-,32-,33+/m0/s1. The van der Waals surface area contributed by atoms with E-state index in [0.717, 1.165) is 11.1 Å². The lowest BCUT2D eigenvalue weighted by atomic mass is 10.00. The lowest BCUT2D eigenvalue weighted by Crippen LogP contribution is -2.52. The number of nitrogens with one attached hydrogen (secondary N) is 2. The largest absolute Gasteiger partial charge is 0.443 e. The van der Waals surface area contributed by atoms with E-state index in [-0.39, 0.29) is 50.1 Å². The Morgan fingerprint density at radius 3 is 2.04 bits per heavy atom. The quantitative estimate of drug-likeness (QED) is 0.183. The van der Waals surface area contributed by atoms with E-state index in [1.54, 1.807) is 0 Å². The summed E-state index contributed by atoms with van der Waals surface area (Å²) in [5.41, 5.74) is 7.92. The molecule has 5 N–H and O–H groups in total. The topological polar surface area (TPSA) is 179 Å². The molecule has 6 atom stereocenters. The molecule has 264 valence electrons. The Morgan fingerprint density at radius 2 is 1.45 bits per heavy atom. The lowest BCUT2D eigenvalue weighted by molar-refractivity contribution is -0.0912. The van der Waals surface area contributed by atoms with Crippen LogP contribution in [0.1, 0.15) is 25.0 Å². The third-order valence-electron chi connectivity index (χ3n) is 8.36. The first-order valence-electron chi connectivity index (χ1n) is 16.3. The van der Waals surface area contributed by atoms with Gasteiger partial charge in [-0.25, -0.2) is 18.0 Å². The Bertz CT molecular complexity index is 1630. The van der Waals surface area contributed by atoms with Crippen LogP contribution < -0.4 is 16.4 Å². The van der Waals surface area contributed by atoms with Gasteiger partial charge in [0.1, 0.15) is 12.2 Å². The smallest absolute Gasteiger partial charge is 0.407 e. The SMILES string of the molecule is CC(C)CN(C[C@@H](O)[C@H](Cc1ccccc1)NC(=O)O[C@H]1CO[C@H]2OC[C@H](OC(=O)NCc3ccccc3)[C@H]21)S(=O)(=O)c1ccc(N)cc1. The van der Waals surface area contributed by atoms with Crippen molar-refractivity contribution in [2.75, 3.05) is 32.0 Å². The van der Waals surface area contributed by atoms with Gasteiger partial charge in [-0.1, -0.05) is 74.5 Å². The molecule has 2 aliphatic heterocycles. The van der Waals surface area contributed by atoms with Crippen molar-refractivity contribution < 1.29 is 42.1 Å². The average Bonchev–Trinajstić information content (AvgIpc) is 3.67. The summed E-state index contributed by atoms with van der Waals surface area (Å²) in [5.74, 6) is -0.627. The van der Waals surface area contributed by atoms with E-state index in [1.807, 2.05) is 74.5 Å². The highest BCUT2D eigenvalue weighted by molar-refractivity contribution is 7.89. The molecule has 0 unspecified atom stereocenters. The second kappa shape index (κ2) is 16.5. The number of benzene rings is 3. The monoisotopic (exact) mass is 696 g/mol. The number of nitrogens with zero attached hydrogens (tertiary/aromatic N) is 1. The number of ether oxygens (including phenoxy) is 4. The maximum Gasteiger partial charge on any atom is 0.407 e. The summed E-state index contributed by atoms with van der Waals surface area (Å²) in [6.45, 7) is 3.96. The number of carbonyl (C=O) groups excluding carboxylic acids is 2. The number of aliphatic hydroxyl groups excluding tert-OH is 1. The van der Waals surface area contributed by atoms with Crippen molar-refractivity contribution in [1.29, 1.82) is 0 Å². The molecule has 14 heteroatoms. The number of aliphatic hydroxyl groups is 1. The molecule has 2 heterocycles. The summed E-state index contributed by atoms with van der Waals surface area (Å²) in [7, 11) is -4.01. The molecule has 3 aromatic carbocycles. The molecule has 0 aliphatic carbocycles. The van der Waals surface area contributed by atoms with Crippen molar-refractivity contribution in [3.63, 3.8) is 0 Å². The number of fused-ring (bicyclic) bond motifs is 1. The zero-order valence-corrected chi connectivity index (χ0v) is 28.3. The fourth-order valence-electron chi connectivity index (χ4n) is 5.91. The summed E-state index contributed by atoms with van der Waals surface area (Å²) in [6, 6.07) is 23.5. The molecule has 0 saturated carbocycles. The van der Waals surface area contributed by atoms with Crippen molar-refractivity contribution in [2.24, 2.45) is 11.8 Å². The molecule has 2 aliphatic rings. The molecule has 5 rings (SSSR count). The molecular weight excluding hydrogens is 652 g/mol. The number of nitrogens with two attached hydrogens (primary N) is 1. The molecule has 0 radical (unpaired) electrons. The van der Waals surface area contributed by atoms with Crippen molar-refractivity contribution >= 4 is 27.9 Å². The minimum Gasteiger partial charge on any atom is -0.443 e. The molecule has 2 amide bonds. The Labute approximate surface area is 286 Å². The van der Waals surface area contributed by atoms with Gasteiger partial charge in [0.2, 0.25) is 10.0 Å². The lowest BCUT2D eigenvalue weighted by Gasteiger charge is -2.31. The zero-order valence-electron chi connectivity index (χ0n) is 27.5. The second-order valence-electron chi connectivity index (χ2n) is 12.6. The van der Waals surface area contributed by atoms with E-state index >= 15 is 0 Å². The van der Waals surface area contributed by atoms with Crippen LogP contribution in [0.25, 0.3) is 0 Å². The second-order valence-corrected chi connectivity index (χ2v) is 14.6. The molecule has 49 heavy (non-hydrogen) atoms. The number of alkyl carbamates (subject to hydrolysis) is 2. The van der Waals surface area contributed by atoms with Gasteiger partial charge in [-0.2, -0.15) is 4.31 Å². The van der Waals surface area contributed by atoms with Crippen molar-refractivity contribution in [3.8, 4) is 0 Å². The van der Waals surface area contributed by atoms with E-state index in [0.29, 0.717) is 5.69 Å². The third kappa shape index (κ3) is 9.70. The van der Waals surface area contributed by atoms with Gasteiger partial charge >= 0.3 is 12.2 Å². The Kier molecular flexibility index (Phi) is 12.1. The van der Waals surface area contributed by atoms with E-state index in [9.17, 15) is 23.1 Å². The van der Waals surface area contributed by atoms with Gasteiger partial charge in [0, 0.05) is 25.3 Å². The van der Waals surface area contributed by atoms with Gasteiger partial charge in [-0.05, 0) is 47.7 Å². The van der Waals surface area contributed by atoms with Crippen LogP contribution in [-0.2, 0) is 41.9 Å². The summed E-state index contributed by atoms with van der Waals surface area (Å²) in [6.07, 6.45) is -4.87. The van der Waals surface area contributed by atoms with E-state index < -0.39 is 58.8 Å². The number of rotatable bonds is 14. The number of nitrogen functional groups attached to an aromatic ring is 1. The Hall–Kier alpha value is -4.21. The number of hydrogen-bond donors (Lipinski definition) is 4. The van der Waals surface area contributed by atoms with Crippen LogP contribution in [0, 0.1) is 11.8 Å². The first-order chi connectivity index (χ1) is 23.5. The average molecular weight is 697 g/mol. The molecule has 0 aromatic heterocycles. The normalized spacial score (nSPS) is 21.6. The van der Waals surface area contributed by atoms with Crippen molar-refractivity contribution in [3.05, 3.63) is 96.1 Å². The van der Waals surface area contributed by atoms with Gasteiger partial charge in [0.25, 0.3) is 0 Å². The van der Waals surface area contributed by atoms with Gasteiger partial charge < -0.3 is 40.4 Å². The molecular formula is C35H44N4O9S. The highest BCUT2D eigenvalue weighted by Crippen LogP contribution is 2.35. The first kappa shape index (κ1) is 36.1. The fourth-order valence-corrected chi connectivity index (χ4v) is 7.53. The Balaban J connectivity index is 1.25. The highest BCUT2D eigenvalue weighted by atomic mass is 32.2. The molecule has 2 saturated heterocycles. The maximum absolute atomic E-state index is 13.7. The molecule has 3 aromatic rings. The van der Waals surface area contributed by atoms with E-state index in [2.05, 4.69) is 10.6 Å². The van der Waals surface area contributed by atoms with Crippen LogP contribution >= 0.6 is 0 Å². The van der Waals surface area contributed by atoms with Crippen LogP contribution in [0.2, 0.25) is 0 Å². The van der Waals surface area contributed by atoms with Crippen LogP contribution in [-0.4, -0.2) is 87.0 Å². The fraction of sp³-hybridized carbons (Fsp3) is 0.429. The zero-order chi connectivity index (χ0) is 35.0. The summed E-state index contributed by atoms with van der Waals surface area (Å²) in [5, 5.41) is 17.0. The minimum absolute atomic E-state index is 0.0160. The van der Waals surface area contributed by atoms with Gasteiger partial charge in [-0.15, -0.1) is 0 Å². The summed E-state index contributed by atoms with van der Waals surface area (Å²) in [4.78, 5) is 26.0. The van der Waals surface area contributed by atoms with Crippen LogP contribution in [0.4, 0.5) is 15.3 Å². The van der Waals surface area contributed by atoms with Gasteiger partial charge in [0.05, 0.1) is 36.2 Å². The third-order valence-corrected chi connectivity index (χ3v) is 10.2. The Morgan fingerprint density at radius 1 is 0.878 bits per heavy atom.